The van der Waals surface area contributed by atoms with Gasteiger partial charge >= 0.3 is 0 Å². The topological polar surface area (TPSA) is 63.9 Å². The van der Waals surface area contributed by atoms with Crippen molar-refractivity contribution in [2.75, 3.05) is 7.05 Å². The summed E-state index contributed by atoms with van der Waals surface area (Å²) in [6.45, 7) is 0. The van der Waals surface area contributed by atoms with Gasteiger partial charge in [-0.3, -0.25) is 9.78 Å². The van der Waals surface area contributed by atoms with Crippen LogP contribution in [0.15, 0.2) is 55.0 Å². The average molecular weight is 333 g/mol. The van der Waals surface area contributed by atoms with Gasteiger partial charge in [-0.05, 0) is 49.1 Å². The molecule has 6 heteroatoms. The second-order valence-corrected chi connectivity index (χ2v) is 6.20. The Kier molecular flexibility index (Phi) is 4.01. The smallest absolute Gasteiger partial charge is 0.272 e. The molecule has 3 aromatic rings. The summed E-state index contributed by atoms with van der Waals surface area (Å²) in [6, 6.07) is 11.3. The minimum Gasteiger partial charge on any atom is -0.332 e. The van der Waals surface area contributed by atoms with Crippen LogP contribution in [0.25, 0.3) is 5.82 Å². The molecule has 25 heavy (non-hydrogen) atoms. The Hall–Kier alpha value is -3.02. The molecule has 6 nitrogen and oxygen atoms in total. The summed E-state index contributed by atoms with van der Waals surface area (Å²) in [5, 5.41) is 4.17. The first-order valence-electron chi connectivity index (χ1n) is 8.42. The van der Waals surface area contributed by atoms with Crippen LogP contribution in [0.4, 0.5) is 0 Å². The van der Waals surface area contributed by atoms with Gasteiger partial charge in [0.15, 0.2) is 5.82 Å². The van der Waals surface area contributed by atoms with Crippen molar-refractivity contribution in [1.29, 1.82) is 0 Å². The number of aryl methyl sites for hydroxylation is 1. The van der Waals surface area contributed by atoms with E-state index in [-0.39, 0.29) is 11.9 Å². The Bertz CT molecular complexity index is 890. The molecular weight excluding hydrogens is 314 g/mol. The van der Waals surface area contributed by atoms with E-state index < -0.39 is 0 Å². The highest BCUT2D eigenvalue weighted by atomic mass is 16.2. The van der Waals surface area contributed by atoms with Crippen LogP contribution in [0.1, 0.15) is 40.6 Å². The largest absolute Gasteiger partial charge is 0.332 e. The van der Waals surface area contributed by atoms with Gasteiger partial charge in [-0.2, -0.15) is 5.10 Å². The van der Waals surface area contributed by atoms with E-state index in [9.17, 15) is 4.79 Å². The molecule has 3 heterocycles. The molecule has 3 aromatic heterocycles. The molecule has 1 atom stereocenters. The SMILES string of the molecule is CN(C(=O)c1cccc(-n2cccn2)n1)[C@H]1CCCc2cccnc21. The number of aromatic nitrogens is 4. The molecule has 1 amide bonds. The first kappa shape index (κ1) is 15.5. The molecule has 4 rings (SSSR count). The van der Waals surface area contributed by atoms with Crippen molar-refractivity contribution in [1.82, 2.24) is 24.6 Å². The van der Waals surface area contributed by atoms with Crippen molar-refractivity contribution in [3.8, 4) is 5.82 Å². The first-order chi connectivity index (χ1) is 12.2. The summed E-state index contributed by atoms with van der Waals surface area (Å²) in [6.07, 6.45) is 8.29. The fourth-order valence-corrected chi connectivity index (χ4v) is 3.36. The van der Waals surface area contributed by atoms with Crippen molar-refractivity contribution < 1.29 is 4.79 Å². The van der Waals surface area contributed by atoms with Crippen molar-refractivity contribution in [3.63, 3.8) is 0 Å². The molecule has 0 unspecified atom stereocenters. The Morgan fingerprint density at radius 3 is 2.96 bits per heavy atom. The third kappa shape index (κ3) is 2.91. The molecule has 1 aliphatic rings. The molecule has 0 bridgehead atoms. The fourth-order valence-electron chi connectivity index (χ4n) is 3.36. The molecule has 0 saturated carbocycles. The number of hydrogen-bond acceptors (Lipinski definition) is 4. The molecule has 0 fully saturated rings. The van der Waals surface area contributed by atoms with Crippen molar-refractivity contribution in [3.05, 3.63) is 71.9 Å². The van der Waals surface area contributed by atoms with Crippen LogP contribution < -0.4 is 0 Å². The van der Waals surface area contributed by atoms with E-state index in [1.54, 1.807) is 28.0 Å². The maximum absolute atomic E-state index is 13.0. The van der Waals surface area contributed by atoms with Gasteiger partial charge in [-0.1, -0.05) is 12.1 Å². The average Bonchev–Trinajstić information content (AvgIpc) is 3.21. The quantitative estimate of drug-likeness (QED) is 0.739. The maximum Gasteiger partial charge on any atom is 0.272 e. The lowest BCUT2D eigenvalue weighted by Gasteiger charge is -2.32. The van der Waals surface area contributed by atoms with Gasteiger partial charge in [-0.25, -0.2) is 9.67 Å². The third-order valence-electron chi connectivity index (χ3n) is 4.65. The van der Waals surface area contributed by atoms with E-state index in [2.05, 4.69) is 21.1 Å². The number of rotatable bonds is 3. The van der Waals surface area contributed by atoms with Gasteiger partial charge in [0.1, 0.15) is 5.69 Å². The molecule has 0 radical (unpaired) electrons. The van der Waals surface area contributed by atoms with E-state index in [1.165, 1.54) is 5.56 Å². The Labute approximate surface area is 146 Å². The highest BCUT2D eigenvalue weighted by molar-refractivity contribution is 5.92. The standard InChI is InChI=1S/C19H19N5O/c1-23(16-9-2-6-14-7-4-11-20-18(14)16)19(25)15-8-3-10-17(22-15)24-13-5-12-21-24/h3-5,7-8,10-13,16H,2,6,9H2,1H3/t16-/m0/s1. The lowest BCUT2D eigenvalue weighted by atomic mass is 9.91. The summed E-state index contributed by atoms with van der Waals surface area (Å²) in [5.41, 5.74) is 2.66. The fraction of sp³-hybridized carbons (Fsp3) is 0.263. The molecule has 0 saturated heterocycles. The van der Waals surface area contributed by atoms with Crippen molar-refractivity contribution >= 4 is 5.91 Å². The molecule has 0 aromatic carbocycles. The van der Waals surface area contributed by atoms with Crippen molar-refractivity contribution in [2.24, 2.45) is 0 Å². The molecule has 1 aliphatic carbocycles. The monoisotopic (exact) mass is 333 g/mol. The van der Waals surface area contributed by atoms with Crippen LogP contribution in [0.2, 0.25) is 0 Å². The summed E-state index contributed by atoms with van der Waals surface area (Å²) in [7, 11) is 1.83. The number of nitrogens with zero attached hydrogens (tertiary/aromatic N) is 5. The normalized spacial score (nSPS) is 16.3. The minimum absolute atomic E-state index is 0.00684. The number of carbonyl (C=O) groups is 1. The molecule has 126 valence electrons. The summed E-state index contributed by atoms with van der Waals surface area (Å²) in [4.78, 5) is 23.7. The number of pyridine rings is 2. The number of fused-ring (bicyclic) bond motifs is 1. The molecule has 0 aliphatic heterocycles. The molecule has 0 spiro atoms. The number of hydrogen-bond donors (Lipinski definition) is 0. The summed E-state index contributed by atoms with van der Waals surface area (Å²) < 4.78 is 1.65. The van der Waals surface area contributed by atoms with E-state index in [1.807, 2.05) is 37.5 Å². The van der Waals surface area contributed by atoms with Crippen molar-refractivity contribution in [2.45, 2.75) is 25.3 Å². The Morgan fingerprint density at radius 2 is 2.12 bits per heavy atom. The van der Waals surface area contributed by atoms with Crippen LogP contribution in [0.5, 0.6) is 0 Å². The molecule has 0 N–H and O–H groups in total. The second kappa shape index (κ2) is 6.47. The zero-order valence-electron chi connectivity index (χ0n) is 14.0. The van der Waals surface area contributed by atoms with E-state index >= 15 is 0 Å². The lowest BCUT2D eigenvalue weighted by molar-refractivity contribution is 0.0705. The van der Waals surface area contributed by atoms with Crippen LogP contribution >= 0.6 is 0 Å². The predicted molar refractivity (Wildman–Crippen MR) is 93.4 cm³/mol. The van der Waals surface area contributed by atoms with Crippen LogP contribution in [0, 0.1) is 0 Å². The van der Waals surface area contributed by atoms with Crippen LogP contribution in [-0.2, 0) is 6.42 Å². The second-order valence-electron chi connectivity index (χ2n) is 6.20. The van der Waals surface area contributed by atoms with Crippen LogP contribution in [-0.4, -0.2) is 37.6 Å². The Morgan fingerprint density at radius 1 is 1.20 bits per heavy atom. The van der Waals surface area contributed by atoms with Gasteiger partial charge < -0.3 is 4.90 Å². The van der Waals surface area contributed by atoms with E-state index in [4.69, 9.17) is 0 Å². The van der Waals surface area contributed by atoms with Crippen LogP contribution in [0.3, 0.4) is 0 Å². The van der Waals surface area contributed by atoms with Gasteiger partial charge in [0.05, 0.1) is 11.7 Å². The predicted octanol–water partition coefficient (Wildman–Crippen LogP) is 2.81. The number of amides is 1. The minimum atomic E-state index is -0.0995. The summed E-state index contributed by atoms with van der Waals surface area (Å²) in [5.74, 6) is 0.531. The van der Waals surface area contributed by atoms with E-state index in [0.717, 1.165) is 25.0 Å². The van der Waals surface area contributed by atoms with E-state index in [0.29, 0.717) is 11.5 Å². The first-order valence-corrected chi connectivity index (χ1v) is 8.42. The zero-order valence-corrected chi connectivity index (χ0v) is 14.0. The third-order valence-corrected chi connectivity index (χ3v) is 4.65. The van der Waals surface area contributed by atoms with Gasteiger partial charge in [0, 0.05) is 25.6 Å². The summed E-state index contributed by atoms with van der Waals surface area (Å²) >= 11 is 0. The Balaban J connectivity index is 1.62. The maximum atomic E-state index is 13.0. The van der Waals surface area contributed by atoms with Gasteiger partial charge in [0.25, 0.3) is 5.91 Å². The van der Waals surface area contributed by atoms with Gasteiger partial charge in [-0.15, -0.1) is 0 Å². The van der Waals surface area contributed by atoms with Gasteiger partial charge in [0.2, 0.25) is 0 Å². The lowest BCUT2D eigenvalue weighted by Crippen LogP contribution is -2.34. The molecular formula is C19H19N5O. The highest BCUT2D eigenvalue weighted by Crippen LogP contribution is 2.32. The number of carbonyl (C=O) groups excluding carboxylic acids is 1. The highest BCUT2D eigenvalue weighted by Gasteiger charge is 2.29. The zero-order chi connectivity index (χ0) is 17.2.